The van der Waals surface area contributed by atoms with E-state index in [1.54, 1.807) is 11.8 Å². The first-order valence-corrected chi connectivity index (χ1v) is 8.46. The number of hydrogen-bond acceptors (Lipinski definition) is 3. The Balaban J connectivity index is 2.33. The van der Waals surface area contributed by atoms with Gasteiger partial charge in [-0.2, -0.15) is 0 Å². The van der Waals surface area contributed by atoms with E-state index in [0.29, 0.717) is 5.56 Å². The standard InChI is InChI=1S/C16H23NO2S/c1-2-20-14-10-8-9-13(15(14)16(18)19)17-11-6-4-3-5-7-12-17/h8-10H,2-7,11-12H2,1H3,(H,18,19). The van der Waals surface area contributed by atoms with Crippen LogP contribution in [-0.4, -0.2) is 29.9 Å². The molecule has 0 saturated carbocycles. The Kier molecular flexibility index (Phi) is 5.77. The van der Waals surface area contributed by atoms with Gasteiger partial charge in [0.2, 0.25) is 0 Å². The van der Waals surface area contributed by atoms with Gasteiger partial charge < -0.3 is 10.0 Å². The fourth-order valence-corrected chi connectivity index (χ4v) is 3.58. The van der Waals surface area contributed by atoms with Crippen molar-refractivity contribution < 1.29 is 9.90 Å². The molecular formula is C16H23NO2S. The minimum absolute atomic E-state index is 0.486. The highest BCUT2D eigenvalue weighted by Crippen LogP contribution is 2.32. The number of nitrogens with zero attached hydrogens (tertiary/aromatic N) is 1. The smallest absolute Gasteiger partial charge is 0.338 e. The van der Waals surface area contributed by atoms with Gasteiger partial charge in [0.25, 0.3) is 0 Å². The largest absolute Gasteiger partial charge is 0.478 e. The molecule has 1 aromatic carbocycles. The third-order valence-corrected chi connectivity index (χ3v) is 4.65. The zero-order valence-corrected chi connectivity index (χ0v) is 12.9. The topological polar surface area (TPSA) is 40.5 Å². The van der Waals surface area contributed by atoms with Crippen molar-refractivity contribution in [1.29, 1.82) is 0 Å². The van der Waals surface area contributed by atoms with E-state index in [1.807, 2.05) is 18.2 Å². The fraction of sp³-hybridized carbons (Fsp3) is 0.562. The van der Waals surface area contributed by atoms with E-state index in [2.05, 4.69) is 11.8 Å². The van der Waals surface area contributed by atoms with Gasteiger partial charge in [-0.15, -0.1) is 11.8 Å². The Hall–Kier alpha value is -1.16. The molecule has 0 unspecified atom stereocenters. The molecule has 4 heteroatoms. The minimum atomic E-state index is -0.807. The molecule has 0 aliphatic carbocycles. The molecule has 1 heterocycles. The highest BCUT2D eigenvalue weighted by molar-refractivity contribution is 7.99. The molecule has 1 aliphatic rings. The maximum atomic E-state index is 11.7. The number of thioether (sulfide) groups is 1. The Morgan fingerprint density at radius 2 is 1.85 bits per heavy atom. The lowest BCUT2D eigenvalue weighted by Gasteiger charge is -2.28. The molecular weight excluding hydrogens is 270 g/mol. The van der Waals surface area contributed by atoms with Gasteiger partial charge in [0.05, 0.1) is 11.3 Å². The van der Waals surface area contributed by atoms with Crippen molar-refractivity contribution in [2.24, 2.45) is 0 Å². The average Bonchev–Trinajstić information content (AvgIpc) is 2.38. The molecule has 1 aromatic rings. The van der Waals surface area contributed by atoms with Crippen LogP contribution in [0, 0.1) is 0 Å². The van der Waals surface area contributed by atoms with E-state index >= 15 is 0 Å². The van der Waals surface area contributed by atoms with Crippen molar-refractivity contribution in [2.45, 2.75) is 43.9 Å². The van der Waals surface area contributed by atoms with Crippen LogP contribution < -0.4 is 4.90 Å². The number of carboxylic acids is 1. The van der Waals surface area contributed by atoms with Crippen LogP contribution in [0.5, 0.6) is 0 Å². The summed E-state index contributed by atoms with van der Waals surface area (Å²) in [6, 6.07) is 5.87. The van der Waals surface area contributed by atoms with Gasteiger partial charge in [-0.3, -0.25) is 0 Å². The van der Waals surface area contributed by atoms with E-state index in [0.717, 1.165) is 42.3 Å². The number of aromatic carboxylic acids is 1. The second-order valence-corrected chi connectivity index (χ2v) is 6.45. The fourth-order valence-electron chi connectivity index (χ4n) is 2.76. The lowest BCUT2D eigenvalue weighted by Crippen LogP contribution is -2.28. The first-order valence-electron chi connectivity index (χ1n) is 7.48. The van der Waals surface area contributed by atoms with E-state index in [-0.39, 0.29) is 0 Å². The van der Waals surface area contributed by atoms with Gasteiger partial charge >= 0.3 is 5.97 Å². The molecule has 0 aromatic heterocycles. The third-order valence-electron chi connectivity index (χ3n) is 3.71. The number of carbonyl (C=O) groups is 1. The summed E-state index contributed by atoms with van der Waals surface area (Å²) in [5.41, 5.74) is 1.39. The van der Waals surface area contributed by atoms with Crippen LogP contribution in [0.2, 0.25) is 0 Å². The predicted octanol–water partition coefficient (Wildman–Crippen LogP) is 4.27. The Labute approximate surface area is 125 Å². The predicted molar refractivity (Wildman–Crippen MR) is 85.1 cm³/mol. The minimum Gasteiger partial charge on any atom is -0.478 e. The second-order valence-electron chi connectivity index (χ2n) is 5.14. The van der Waals surface area contributed by atoms with E-state index < -0.39 is 5.97 Å². The van der Waals surface area contributed by atoms with Crippen LogP contribution in [-0.2, 0) is 0 Å². The molecule has 2 rings (SSSR count). The Morgan fingerprint density at radius 3 is 2.45 bits per heavy atom. The number of hydrogen-bond donors (Lipinski definition) is 1. The summed E-state index contributed by atoms with van der Waals surface area (Å²) in [6.07, 6.45) is 6.13. The first kappa shape index (κ1) is 15.2. The molecule has 0 bridgehead atoms. The highest BCUT2D eigenvalue weighted by atomic mass is 32.2. The van der Waals surface area contributed by atoms with Crippen LogP contribution in [0.3, 0.4) is 0 Å². The van der Waals surface area contributed by atoms with Crippen LogP contribution >= 0.6 is 11.8 Å². The summed E-state index contributed by atoms with van der Waals surface area (Å²) >= 11 is 1.61. The van der Waals surface area contributed by atoms with E-state index in [1.165, 1.54) is 19.3 Å². The van der Waals surface area contributed by atoms with Crippen molar-refractivity contribution in [2.75, 3.05) is 23.7 Å². The molecule has 20 heavy (non-hydrogen) atoms. The maximum Gasteiger partial charge on any atom is 0.338 e. The highest BCUT2D eigenvalue weighted by Gasteiger charge is 2.20. The maximum absolute atomic E-state index is 11.7. The van der Waals surface area contributed by atoms with E-state index in [4.69, 9.17) is 0 Å². The average molecular weight is 293 g/mol. The molecule has 110 valence electrons. The van der Waals surface area contributed by atoms with Gasteiger partial charge in [-0.1, -0.05) is 32.3 Å². The number of rotatable bonds is 4. The monoisotopic (exact) mass is 293 g/mol. The zero-order chi connectivity index (χ0) is 14.4. The van der Waals surface area contributed by atoms with Crippen molar-refractivity contribution in [3.8, 4) is 0 Å². The van der Waals surface area contributed by atoms with Crippen LogP contribution in [0.15, 0.2) is 23.1 Å². The summed E-state index contributed by atoms with van der Waals surface area (Å²) in [4.78, 5) is 14.8. The summed E-state index contributed by atoms with van der Waals surface area (Å²) in [6.45, 7) is 4.00. The summed E-state index contributed by atoms with van der Waals surface area (Å²) < 4.78 is 0. The molecule has 1 saturated heterocycles. The molecule has 1 aliphatic heterocycles. The van der Waals surface area contributed by atoms with Crippen LogP contribution in [0.4, 0.5) is 5.69 Å². The quantitative estimate of drug-likeness (QED) is 0.842. The van der Waals surface area contributed by atoms with Crippen molar-refractivity contribution >= 4 is 23.4 Å². The number of anilines is 1. The molecule has 0 radical (unpaired) electrons. The van der Waals surface area contributed by atoms with Gasteiger partial charge in [-0.25, -0.2) is 4.79 Å². The third kappa shape index (κ3) is 3.69. The van der Waals surface area contributed by atoms with Crippen LogP contribution in [0.25, 0.3) is 0 Å². The van der Waals surface area contributed by atoms with Crippen LogP contribution in [0.1, 0.15) is 49.4 Å². The lowest BCUT2D eigenvalue weighted by atomic mass is 10.1. The molecule has 1 fully saturated rings. The molecule has 0 atom stereocenters. The van der Waals surface area contributed by atoms with E-state index in [9.17, 15) is 9.90 Å². The number of benzene rings is 1. The zero-order valence-electron chi connectivity index (χ0n) is 12.1. The summed E-state index contributed by atoms with van der Waals surface area (Å²) in [5, 5.41) is 9.59. The second kappa shape index (κ2) is 7.58. The molecule has 0 spiro atoms. The van der Waals surface area contributed by atoms with Gasteiger partial charge in [0, 0.05) is 18.0 Å². The lowest BCUT2D eigenvalue weighted by molar-refractivity contribution is 0.0694. The van der Waals surface area contributed by atoms with Gasteiger partial charge in [0.15, 0.2) is 0 Å². The molecule has 3 nitrogen and oxygen atoms in total. The Bertz CT molecular complexity index is 454. The number of carboxylic acid groups (broad SMARTS) is 1. The van der Waals surface area contributed by atoms with Crippen molar-refractivity contribution in [3.05, 3.63) is 23.8 Å². The molecule has 0 amide bonds. The van der Waals surface area contributed by atoms with Gasteiger partial charge in [-0.05, 0) is 30.7 Å². The normalized spacial score (nSPS) is 16.6. The van der Waals surface area contributed by atoms with Crippen molar-refractivity contribution in [3.63, 3.8) is 0 Å². The SMILES string of the molecule is CCSc1cccc(N2CCCCCCC2)c1C(=O)O. The summed E-state index contributed by atoms with van der Waals surface area (Å²) in [5.74, 6) is 0.0857. The van der Waals surface area contributed by atoms with Gasteiger partial charge in [0.1, 0.15) is 0 Å². The summed E-state index contributed by atoms with van der Waals surface area (Å²) in [7, 11) is 0. The Morgan fingerprint density at radius 1 is 1.20 bits per heavy atom. The first-order chi connectivity index (χ1) is 9.74. The van der Waals surface area contributed by atoms with Crippen molar-refractivity contribution in [1.82, 2.24) is 0 Å². The molecule has 1 N–H and O–H groups in total.